The molecule has 1 fully saturated rings. The minimum atomic E-state index is -3.76. The van der Waals surface area contributed by atoms with E-state index in [4.69, 9.17) is 9.47 Å². The first-order valence-corrected chi connectivity index (χ1v) is 11.3. The van der Waals surface area contributed by atoms with Crippen LogP contribution in [0.5, 0.6) is 11.5 Å². The number of rotatable bonds is 6. The highest BCUT2D eigenvalue weighted by molar-refractivity contribution is 7.90. The largest absolute Gasteiger partial charge is 0.504 e. The van der Waals surface area contributed by atoms with E-state index in [0.717, 1.165) is 13.1 Å². The van der Waals surface area contributed by atoms with Gasteiger partial charge in [0.25, 0.3) is 10.0 Å². The SMILES string of the molecule is COc1cc(C=NN(CCN2CCOCC2)C2=NS(=O)(=O)c3ccccc32)ccc1O.Cl. The maximum Gasteiger partial charge on any atom is 0.285 e. The number of fused-ring (bicyclic) bond motifs is 1. The molecule has 2 aromatic carbocycles. The lowest BCUT2D eigenvalue weighted by Crippen LogP contribution is -2.41. The van der Waals surface area contributed by atoms with Crippen molar-refractivity contribution in [3.05, 3.63) is 53.6 Å². The second kappa shape index (κ2) is 10.3. The van der Waals surface area contributed by atoms with Gasteiger partial charge in [0.05, 0.1) is 33.1 Å². The van der Waals surface area contributed by atoms with Crippen LogP contribution in [-0.2, 0) is 14.8 Å². The maximum absolute atomic E-state index is 12.5. The molecule has 0 aromatic heterocycles. The van der Waals surface area contributed by atoms with Gasteiger partial charge in [-0.05, 0) is 35.9 Å². The number of amidine groups is 1. The highest BCUT2D eigenvalue weighted by Crippen LogP contribution is 2.28. The zero-order chi connectivity index (χ0) is 21.8. The van der Waals surface area contributed by atoms with Crippen LogP contribution in [0.2, 0.25) is 0 Å². The fourth-order valence-electron chi connectivity index (χ4n) is 3.46. The molecule has 0 amide bonds. The van der Waals surface area contributed by atoms with E-state index in [1.54, 1.807) is 47.6 Å². The molecule has 0 unspecified atom stereocenters. The Bertz CT molecular complexity index is 1120. The van der Waals surface area contributed by atoms with Gasteiger partial charge in [-0.3, -0.25) is 4.90 Å². The summed E-state index contributed by atoms with van der Waals surface area (Å²) in [6.07, 6.45) is 1.59. The number of hydrogen-bond donors (Lipinski definition) is 1. The van der Waals surface area contributed by atoms with Crippen LogP contribution in [-0.4, -0.2) is 82.0 Å². The number of ether oxygens (including phenoxy) is 2. The number of morpholine rings is 1. The Hall–Kier alpha value is -2.66. The molecular formula is C21H25ClN4O5S. The molecule has 0 radical (unpaired) electrons. The molecule has 0 bridgehead atoms. The third-order valence-corrected chi connectivity index (χ3v) is 6.46. The van der Waals surface area contributed by atoms with Gasteiger partial charge in [0, 0.05) is 25.2 Å². The summed E-state index contributed by atoms with van der Waals surface area (Å²) in [7, 11) is -2.28. The van der Waals surface area contributed by atoms with Crippen molar-refractivity contribution in [2.45, 2.75) is 4.90 Å². The number of nitrogens with zero attached hydrogens (tertiary/aromatic N) is 4. The van der Waals surface area contributed by atoms with Gasteiger partial charge in [-0.25, -0.2) is 5.01 Å². The van der Waals surface area contributed by atoms with Crippen LogP contribution in [0.4, 0.5) is 0 Å². The third-order valence-electron chi connectivity index (χ3n) is 5.14. The number of halogens is 1. The van der Waals surface area contributed by atoms with Crippen LogP contribution in [0.1, 0.15) is 11.1 Å². The minimum Gasteiger partial charge on any atom is -0.504 e. The van der Waals surface area contributed by atoms with E-state index in [1.807, 2.05) is 0 Å². The molecule has 172 valence electrons. The minimum absolute atomic E-state index is 0. The normalized spacial score (nSPS) is 17.5. The van der Waals surface area contributed by atoms with E-state index in [-0.39, 0.29) is 23.1 Å². The molecule has 0 saturated carbocycles. The summed E-state index contributed by atoms with van der Waals surface area (Å²) in [4.78, 5) is 2.42. The first-order valence-electron chi connectivity index (χ1n) is 9.91. The predicted octanol–water partition coefficient (Wildman–Crippen LogP) is 1.94. The van der Waals surface area contributed by atoms with Gasteiger partial charge in [-0.15, -0.1) is 16.8 Å². The second-order valence-corrected chi connectivity index (χ2v) is 8.71. The molecule has 1 saturated heterocycles. The molecule has 2 aliphatic rings. The number of sulfonamides is 1. The van der Waals surface area contributed by atoms with Crippen LogP contribution in [0.15, 0.2) is 56.9 Å². The van der Waals surface area contributed by atoms with Crippen LogP contribution in [0.25, 0.3) is 0 Å². The lowest BCUT2D eigenvalue weighted by atomic mass is 10.2. The zero-order valence-electron chi connectivity index (χ0n) is 17.5. The highest BCUT2D eigenvalue weighted by atomic mass is 35.5. The Morgan fingerprint density at radius 1 is 1.25 bits per heavy atom. The number of methoxy groups -OCH3 is 1. The summed E-state index contributed by atoms with van der Waals surface area (Å²) in [6, 6.07) is 11.6. The standard InChI is InChI=1S/C21H24N4O5S.ClH/c1-29-19-14-16(6-7-18(19)26)15-22-25(9-8-24-10-12-30-13-11-24)21-17-4-2-3-5-20(17)31(27,28)23-21;/h2-7,14-15,26H,8-13H2,1H3;1H. The fourth-order valence-corrected chi connectivity index (χ4v) is 4.67. The van der Waals surface area contributed by atoms with Crippen LogP contribution in [0, 0.1) is 0 Å². The first-order chi connectivity index (χ1) is 15.0. The summed E-state index contributed by atoms with van der Waals surface area (Å²) < 4.78 is 39.6. The van der Waals surface area contributed by atoms with Gasteiger partial charge in [-0.1, -0.05) is 12.1 Å². The Morgan fingerprint density at radius 2 is 2.00 bits per heavy atom. The number of phenolic OH excluding ortho intramolecular Hbond substituents is 1. The van der Waals surface area contributed by atoms with Gasteiger partial charge in [-0.2, -0.15) is 13.5 Å². The predicted molar refractivity (Wildman–Crippen MR) is 124 cm³/mol. The Kier molecular flexibility index (Phi) is 7.73. The van der Waals surface area contributed by atoms with Crippen molar-refractivity contribution < 1.29 is 23.0 Å². The number of hydrazone groups is 1. The molecule has 0 aliphatic carbocycles. The second-order valence-electron chi connectivity index (χ2n) is 7.14. The van der Waals surface area contributed by atoms with E-state index in [0.29, 0.717) is 49.0 Å². The monoisotopic (exact) mass is 480 g/mol. The Balaban J connectivity index is 0.00000289. The van der Waals surface area contributed by atoms with Crippen molar-refractivity contribution in [3.8, 4) is 11.5 Å². The molecule has 11 heteroatoms. The molecule has 2 aliphatic heterocycles. The van der Waals surface area contributed by atoms with E-state index >= 15 is 0 Å². The number of aromatic hydroxyl groups is 1. The van der Waals surface area contributed by atoms with E-state index in [1.165, 1.54) is 13.2 Å². The molecule has 9 nitrogen and oxygen atoms in total. The maximum atomic E-state index is 12.5. The van der Waals surface area contributed by atoms with Crippen molar-refractivity contribution >= 4 is 34.5 Å². The smallest absolute Gasteiger partial charge is 0.285 e. The Labute approximate surface area is 193 Å². The Morgan fingerprint density at radius 3 is 2.75 bits per heavy atom. The highest BCUT2D eigenvalue weighted by Gasteiger charge is 2.31. The third kappa shape index (κ3) is 5.21. The van der Waals surface area contributed by atoms with Crippen molar-refractivity contribution in [2.24, 2.45) is 9.50 Å². The van der Waals surface area contributed by atoms with Crippen molar-refractivity contribution in [1.82, 2.24) is 9.91 Å². The zero-order valence-corrected chi connectivity index (χ0v) is 19.2. The van der Waals surface area contributed by atoms with Crippen LogP contribution >= 0.6 is 12.4 Å². The summed E-state index contributed by atoms with van der Waals surface area (Å²) in [5, 5.41) is 16.0. The van der Waals surface area contributed by atoms with Crippen molar-refractivity contribution in [3.63, 3.8) is 0 Å². The molecule has 1 N–H and O–H groups in total. The number of hydrogen-bond acceptors (Lipinski definition) is 8. The van der Waals surface area contributed by atoms with Gasteiger partial charge in [0.15, 0.2) is 17.3 Å². The topological polar surface area (TPSA) is 104 Å². The lowest BCUT2D eigenvalue weighted by molar-refractivity contribution is 0.0360. The summed E-state index contributed by atoms with van der Waals surface area (Å²) in [5.41, 5.74) is 1.23. The molecule has 0 spiro atoms. The van der Waals surface area contributed by atoms with Crippen molar-refractivity contribution in [1.29, 1.82) is 0 Å². The molecule has 0 atom stereocenters. The average molecular weight is 481 g/mol. The van der Waals surface area contributed by atoms with E-state index in [9.17, 15) is 13.5 Å². The molecule has 2 aromatic rings. The lowest BCUT2D eigenvalue weighted by Gasteiger charge is -2.28. The number of benzene rings is 2. The number of phenols is 1. The van der Waals surface area contributed by atoms with Gasteiger partial charge < -0.3 is 14.6 Å². The molecule has 32 heavy (non-hydrogen) atoms. The first kappa shape index (κ1) is 24.0. The summed E-state index contributed by atoms with van der Waals surface area (Å²) >= 11 is 0. The molecular weight excluding hydrogens is 456 g/mol. The van der Waals surface area contributed by atoms with Gasteiger partial charge in [0.2, 0.25) is 0 Å². The summed E-state index contributed by atoms with van der Waals surface area (Å²) in [6.45, 7) is 4.11. The van der Waals surface area contributed by atoms with E-state index in [2.05, 4.69) is 14.4 Å². The van der Waals surface area contributed by atoms with Crippen molar-refractivity contribution in [2.75, 3.05) is 46.5 Å². The van der Waals surface area contributed by atoms with Crippen LogP contribution < -0.4 is 4.74 Å². The fraction of sp³-hybridized carbons (Fsp3) is 0.333. The quantitative estimate of drug-likeness (QED) is 0.497. The van der Waals surface area contributed by atoms with E-state index < -0.39 is 10.0 Å². The molecule has 2 heterocycles. The van der Waals surface area contributed by atoms with Gasteiger partial charge in [0.1, 0.15) is 4.90 Å². The average Bonchev–Trinajstić information content (AvgIpc) is 3.06. The van der Waals surface area contributed by atoms with Crippen LogP contribution in [0.3, 0.4) is 0 Å². The summed E-state index contributed by atoms with van der Waals surface area (Å²) in [5.74, 6) is 0.657. The van der Waals surface area contributed by atoms with Gasteiger partial charge >= 0.3 is 0 Å². The molecule has 4 rings (SSSR count).